The van der Waals surface area contributed by atoms with Gasteiger partial charge in [0.05, 0.1) is 19.3 Å². The van der Waals surface area contributed by atoms with Crippen LogP contribution in [0.3, 0.4) is 0 Å². The second kappa shape index (κ2) is 8.76. The predicted octanol–water partition coefficient (Wildman–Crippen LogP) is 4.55. The minimum Gasteiger partial charge on any atom is -0.493 e. The normalized spacial score (nSPS) is 16.8. The molecular formula is C20H29NO3. The van der Waals surface area contributed by atoms with Crippen molar-refractivity contribution in [1.29, 1.82) is 0 Å². The molecule has 0 aromatic heterocycles. The van der Waals surface area contributed by atoms with Crippen LogP contribution in [-0.4, -0.2) is 19.1 Å². The van der Waals surface area contributed by atoms with Crippen molar-refractivity contribution in [3.05, 3.63) is 35.4 Å². The fourth-order valence-corrected chi connectivity index (χ4v) is 3.03. The molecule has 1 saturated carbocycles. The summed E-state index contributed by atoms with van der Waals surface area (Å²) in [6.45, 7) is 5.84. The molecule has 24 heavy (non-hydrogen) atoms. The van der Waals surface area contributed by atoms with E-state index < -0.39 is 0 Å². The second-order valence-electron chi connectivity index (χ2n) is 6.43. The first kappa shape index (κ1) is 18.4. The molecule has 1 fully saturated rings. The third kappa shape index (κ3) is 4.76. The molecule has 1 amide bonds. The number of rotatable bonds is 7. The van der Waals surface area contributed by atoms with Gasteiger partial charge < -0.3 is 14.8 Å². The Kier molecular flexibility index (Phi) is 6.71. The zero-order chi connectivity index (χ0) is 17.5. The number of benzene rings is 1. The van der Waals surface area contributed by atoms with E-state index in [4.69, 9.17) is 9.47 Å². The van der Waals surface area contributed by atoms with Crippen LogP contribution in [-0.2, 0) is 4.79 Å². The van der Waals surface area contributed by atoms with E-state index in [0.29, 0.717) is 6.10 Å². The van der Waals surface area contributed by atoms with Gasteiger partial charge in [-0.25, -0.2) is 0 Å². The molecule has 1 atom stereocenters. The molecule has 1 aromatic rings. The molecular weight excluding hydrogens is 302 g/mol. The summed E-state index contributed by atoms with van der Waals surface area (Å²) in [5.74, 6) is 1.48. The van der Waals surface area contributed by atoms with Gasteiger partial charge >= 0.3 is 0 Å². The van der Waals surface area contributed by atoms with Gasteiger partial charge in [0, 0.05) is 5.57 Å². The molecule has 4 nitrogen and oxygen atoms in total. The second-order valence-corrected chi connectivity index (χ2v) is 6.43. The van der Waals surface area contributed by atoms with Crippen molar-refractivity contribution in [3.63, 3.8) is 0 Å². The van der Waals surface area contributed by atoms with Crippen molar-refractivity contribution >= 4 is 5.91 Å². The van der Waals surface area contributed by atoms with E-state index in [0.717, 1.165) is 41.9 Å². The maximum atomic E-state index is 12.1. The Balaban J connectivity index is 2.07. The van der Waals surface area contributed by atoms with Crippen LogP contribution in [0.2, 0.25) is 0 Å². The molecule has 2 rings (SSSR count). The number of ether oxygens (including phenoxy) is 2. The first-order valence-electron chi connectivity index (χ1n) is 8.87. The molecule has 0 radical (unpaired) electrons. The zero-order valence-corrected chi connectivity index (χ0v) is 15.2. The SMILES string of the molecule is CCC=C(C)C(=O)NC(C)c1ccc(OC2CCCC2)c(OC)c1. The van der Waals surface area contributed by atoms with Crippen LogP contribution in [0.15, 0.2) is 29.8 Å². The average Bonchev–Trinajstić information content (AvgIpc) is 3.08. The lowest BCUT2D eigenvalue weighted by Crippen LogP contribution is -2.27. The maximum absolute atomic E-state index is 12.1. The molecule has 1 aliphatic carbocycles. The largest absolute Gasteiger partial charge is 0.493 e. The van der Waals surface area contributed by atoms with Gasteiger partial charge in [-0.2, -0.15) is 0 Å². The Bertz CT molecular complexity index is 589. The van der Waals surface area contributed by atoms with Crippen molar-refractivity contribution in [3.8, 4) is 11.5 Å². The van der Waals surface area contributed by atoms with Gasteiger partial charge in [-0.3, -0.25) is 4.79 Å². The van der Waals surface area contributed by atoms with Crippen molar-refractivity contribution in [2.45, 2.75) is 65.0 Å². The summed E-state index contributed by atoms with van der Waals surface area (Å²) in [5.41, 5.74) is 1.75. The van der Waals surface area contributed by atoms with Gasteiger partial charge in [-0.05, 0) is 63.6 Å². The third-order valence-electron chi connectivity index (χ3n) is 4.50. The van der Waals surface area contributed by atoms with Crippen LogP contribution in [0.25, 0.3) is 0 Å². The van der Waals surface area contributed by atoms with Crippen LogP contribution in [0.5, 0.6) is 11.5 Å². The van der Waals surface area contributed by atoms with Crippen LogP contribution >= 0.6 is 0 Å². The van der Waals surface area contributed by atoms with E-state index in [1.807, 2.05) is 45.0 Å². The average molecular weight is 331 g/mol. The molecule has 0 bridgehead atoms. The summed E-state index contributed by atoms with van der Waals surface area (Å²) >= 11 is 0. The fraction of sp³-hybridized carbons (Fsp3) is 0.550. The highest BCUT2D eigenvalue weighted by Crippen LogP contribution is 2.33. The summed E-state index contributed by atoms with van der Waals surface area (Å²) in [7, 11) is 1.65. The highest BCUT2D eigenvalue weighted by molar-refractivity contribution is 5.93. The highest BCUT2D eigenvalue weighted by atomic mass is 16.5. The number of amides is 1. The number of nitrogens with one attached hydrogen (secondary N) is 1. The number of carbonyl (C=O) groups excluding carboxylic acids is 1. The Morgan fingerprint density at radius 3 is 2.67 bits per heavy atom. The highest BCUT2D eigenvalue weighted by Gasteiger charge is 2.19. The maximum Gasteiger partial charge on any atom is 0.247 e. The van der Waals surface area contributed by atoms with Crippen LogP contribution in [0, 0.1) is 0 Å². The molecule has 1 aromatic carbocycles. The van der Waals surface area contributed by atoms with Gasteiger partial charge in [0.1, 0.15) is 0 Å². The summed E-state index contributed by atoms with van der Waals surface area (Å²) in [5, 5.41) is 3.02. The Morgan fingerprint density at radius 1 is 1.33 bits per heavy atom. The summed E-state index contributed by atoms with van der Waals surface area (Å²) in [6, 6.07) is 5.81. The number of carbonyl (C=O) groups is 1. The van der Waals surface area contributed by atoms with Crippen molar-refractivity contribution in [2.75, 3.05) is 7.11 Å². The molecule has 0 saturated heterocycles. The van der Waals surface area contributed by atoms with Gasteiger partial charge in [0.25, 0.3) is 0 Å². The van der Waals surface area contributed by atoms with E-state index in [1.165, 1.54) is 12.8 Å². The standard InChI is InChI=1S/C20H29NO3/c1-5-8-14(2)20(22)21-15(3)16-11-12-18(19(13-16)23-4)24-17-9-6-7-10-17/h8,11-13,15,17H,5-7,9-10H2,1-4H3,(H,21,22). The van der Waals surface area contributed by atoms with Crippen molar-refractivity contribution in [2.24, 2.45) is 0 Å². The van der Waals surface area contributed by atoms with Gasteiger partial charge in [0.2, 0.25) is 5.91 Å². The molecule has 1 unspecified atom stereocenters. The molecule has 0 heterocycles. The van der Waals surface area contributed by atoms with Crippen LogP contribution < -0.4 is 14.8 Å². The molecule has 132 valence electrons. The van der Waals surface area contributed by atoms with Gasteiger partial charge in [-0.1, -0.05) is 19.1 Å². The molecule has 0 spiro atoms. The monoisotopic (exact) mass is 331 g/mol. The van der Waals surface area contributed by atoms with Gasteiger partial charge in [-0.15, -0.1) is 0 Å². The molecule has 0 aliphatic heterocycles. The molecule has 1 N–H and O–H groups in total. The quantitative estimate of drug-likeness (QED) is 0.746. The first-order chi connectivity index (χ1) is 11.5. The Hall–Kier alpha value is -1.97. The molecule has 4 heteroatoms. The lowest BCUT2D eigenvalue weighted by Gasteiger charge is -2.19. The lowest BCUT2D eigenvalue weighted by atomic mass is 10.1. The van der Waals surface area contributed by atoms with Crippen molar-refractivity contribution < 1.29 is 14.3 Å². The minimum atomic E-state index is -0.0906. The number of methoxy groups -OCH3 is 1. The minimum absolute atomic E-state index is 0.0328. The number of hydrogen-bond donors (Lipinski definition) is 1. The van der Waals surface area contributed by atoms with E-state index in [1.54, 1.807) is 7.11 Å². The van der Waals surface area contributed by atoms with E-state index in [-0.39, 0.29) is 11.9 Å². The predicted molar refractivity (Wildman–Crippen MR) is 96.5 cm³/mol. The van der Waals surface area contributed by atoms with Gasteiger partial charge in [0.15, 0.2) is 11.5 Å². The Labute approximate surface area is 145 Å². The van der Waals surface area contributed by atoms with E-state index in [9.17, 15) is 4.79 Å². The fourth-order valence-electron chi connectivity index (χ4n) is 3.03. The third-order valence-corrected chi connectivity index (χ3v) is 4.50. The lowest BCUT2D eigenvalue weighted by molar-refractivity contribution is -0.118. The topological polar surface area (TPSA) is 47.6 Å². The van der Waals surface area contributed by atoms with E-state index in [2.05, 4.69) is 5.32 Å². The van der Waals surface area contributed by atoms with E-state index >= 15 is 0 Å². The summed E-state index contributed by atoms with van der Waals surface area (Å²) in [4.78, 5) is 12.1. The first-order valence-corrected chi connectivity index (χ1v) is 8.87. The number of allylic oxidation sites excluding steroid dienone is 1. The van der Waals surface area contributed by atoms with Crippen molar-refractivity contribution in [1.82, 2.24) is 5.32 Å². The van der Waals surface area contributed by atoms with Crippen LogP contribution in [0.4, 0.5) is 0 Å². The van der Waals surface area contributed by atoms with Crippen LogP contribution in [0.1, 0.15) is 64.5 Å². The Morgan fingerprint density at radius 2 is 2.04 bits per heavy atom. The summed E-state index contributed by atoms with van der Waals surface area (Å²) in [6.07, 6.45) is 7.78. The zero-order valence-electron chi connectivity index (χ0n) is 15.2. The summed E-state index contributed by atoms with van der Waals surface area (Å²) < 4.78 is 11.6. The smallest absolute Gasteiger partial charge is 0.247 e. The molecule has 1 aliphatic rings. The number of hydrogen-bond acceptors (Lipinski definition) is 3.